The quantitative estimate of drug-likeness (QED) is 0.647. The van der Waals surface area contributed by atoms with Crippen molar-refractivity contribution in [2.24, 2.45) is 0 Å². The number of aromatic amines is 1. The maximum absolute atomic E-state index is 12.3. The summed E-state index contributed by atoms with van der Waals surface area (Å²) in [7, 11) is 0. The average Bonchev–Trinajstić information content (AvgIpc) is 3.10. The third-order valence-electron chi connectivity index (χ3n) is 4.83. The summed E-state index contributed by atoms with van der Waals surface area (Å²) >= 11 is 0. The standard InChI is InChI=1S/C19H19N5O3.ClH/c1-9-14(11(3)25)6-15(18(26)22-9)19-23-17(24-27-19)16-10(2)21-8-12-7-20-5-4-13(12)16;/h6,8,20H,4-5,7H2,1-3H3,(H,22,26);1H. The number of carbonyl (C=O) groups excluding carboxylic acids is 1. The summed E-state index contributed by atoms with van der Waals surface area (Å²) in [6.45, 7) is 6.65. The minimum Gasteiger partial charge on any atom is -0.333 e. The number of nitrogens with zero attached hydrogens (tertiary/aromatic N) is 3. The van der Waals surface area contributed by atoms with Crippen LogP contribution in [0.25, 0.3) is 22.8 Å². The second kappa shape index (κ2) is 7.65. The molecule has 0 bridgehead atoms. The number of pyridine rings is 2. The molecule has 0 aliphatic carbocycles. The molecule has 0 unspecified atom stereocenters. The Kier molecular flexibility index (Phi) is 5.44. The smallest absolute Gasteiger partial charge is 0.263 e. The van der Waals surface area contributed by atoms with E-state index in [9.17, 15) is 9.59 Å². The number of nitrogens with one attached hydrogen (secondary N) is 2. The monoisotopic (exact) mass is 401 g/mol. The lowest BCUT2D eigenvalue weighted by atomic mass is 9.95. The van der Waals surface area contributed by atoms with Gasteiger partial charge >= 0.3 is 0 Å². The van der Waals surface area contributed by atoms with Crippen LogP contribution in [0.3, 0.4) is 0 Å². The van der Waals surface area contributed by atoms with Gasteiger partial charge in [0.15, 0.2) is 5.78 Å². The second-order valence-corrected chi connectivity index (χ2v) is 6.68. The number of H-pyrrole nitrogens is 1. The molecule has 0 radical (unpaired) electrons. The van der Waals surface area contributed by atoms with E-state index in [1.807, 2.05) is 13.1 Å². The summed E-state index contributed by atoms with van der Waals surface area (Å²) in [4.78, 5) is 35.7. The van der Waals surface area contributed by atoms with E-state index in [0.29, 0.717) is 17.1 Å². The highest BCUT2D eigenvalue weighted by atomic mass is 35.5. The lowest BCUT2D eigenvalue weighted by Gasteiger charge is -2.19. The number of hydrogen-bond acceptors (Lipinski definition) is 7. The molecule has 146 valence electrons. The second-order valence-electron chi connectivity index (χ2n) is 6.68. The minimum atomic E-state index is -0.373. The van der Waals surface area contributed by atoms with Gasteiger partial charge in [0.1, 0.15) is 5.56 Å². The van der Waals surface area contributed by atoms with Crippen LogP contribution in [0.4, 0.5) is 0 Å². The van der Waals surface area contributed by atoms with Crippen molar-refractivity contribution in [3.63, 3.8) is 0 Å². The van der Waals surface area contributed by atoms with Crippen molar-refractivity contribution in [1.29, 1.82) is 0 Å². The lowest BCUT2D eigenvalue weighted by molar-refractivity contribution is 0.101. The fourth-order valence-electron chi connectivity index (χ4n) is 3.45. The van der Waals surface area contributed by atoms with Crippen LogP contribution in [0.15, 0.2) is 21.6 Å². The normalized spacial score (nSPS) is 13.0. The van der Waals surface area contributed by atoms with Crippen LogP contribution >= 0.6 is 12.4 Å². The van der Waals surface area contributed by atoms with Crippen LogP contribution in [-0.2, 0) is 13.0 Å². The molecule has 0 spiro atoms. The highest BCUT2D eigenvalue weighted by Gasteiger charge is 2.22. The van der Waals surface area contributed by atoms with Gasteiger partial charge in [-0.1, -0.05) is 5.16 Å². The summed E-state index contributed by atoms with van der Waals surface area (Å²) in [5.74, 6) is 0.340. The third-order valence-corrected chi connectivity index (χ3v) is 4.83. The van der Waals surface area contributed by atoms with Crippen molar-refractivity contribution in [3.05, 3.63) is 50.7 Å². The van der Waals surface area contributed by atoms with E-state index < -0.39 is 0 Å². The Morgan fingerprint density at radius 2 is 2.07 bits per heavy atom. The maximum Gasteiger partial charge on any atom is 0.263 e. The SMILES string of the molecule is CC(=O)c1cc(-c2nc(-c3c(C)ncc4c3CCNC4)no2)c(=O)[nH]c1C.Cl. The number of halogens is 1. The van der Waals surface area contributed by atoms with E-state index in [4.69, 9.17) is 4.52 Å². The van der Waals surface area contributed by atoms with Crippen LogP contribution in [0.2, 0.25) is 0 Å². The Balaban J connectivity index is 0.00000225. The van der Waals surface area contributed by atoms with E-state index in [0.717, 1.165) is 41.9 Å². The average molecular weight is 402 g/mol. The molecular formula is C19H20ClN5O3. The van der Waals surface area contributed by atoms with Crippen LogP contribution in [-0.4, -0.2) is 32.4 Å². The lowest BCUT2D eigenvalue weighted by Crippen LogP contribution is -2.24. The molecule has 1 aliphatic rings. The molecule has 3 aromatic heterocycles. The zero-order chi connectivity index (χ0) is 19.1. The zero-order valence-electron chi connectivity index (χ0n) is 15.8. The summed E-state index contributed by atoms with van der Waals surface area (Å²) in [6.07, 6.45) is 2.71. The molecule has 0 aromatic carbocycles. The molecule has 1 aliphatic heterocycles. The van der Waals surface area contributed by atoms with E-state index in [-0.39, 0.29) is 35.2 Å². The van der Waals surface area contributed by atoms with Gasteiger partial charge < -0.3 is 14.8 Å². The van der Waals surface area contributed by atoms with Gasteiger partial charge in [0.05, 0.1) is 0 Å². The molecule has 3 aromatic rings. The van der Waals surface area contributed by atoms with Crippen molar-refractivity contribution in [2.45, 2.75) is 33.7 Å². The van der Waals surface area contributed by atoms with Crippen molar-refractivity contribution < 1.29 is 9.32 Å². The van der Waals surface area contributed by atoms with Crippen molar-refractivity contribution in [2.75, 3.05) is 6.54 Å². The molecule has 2 N–H and O–H groups in total. The van der Waals surface area contributed by atoms with Crippen molar-refractivity contribution in [3.8, 4) is 22.8 Å². The Morgan fingerprint density at radius 3 is 2.82 bits per heavy atom. The Bertz CT molecular complexity index is 1120. The van der Waals surface area contributed by atoms with E-state index in [1.54, 1.807) is 6.92 Å². The van der Waals surface area contributed by atoms with E-state index in [2.05, 4.69) is 25.4 Å². The van der Waals surface area contributed by atoms with Crippen molar-refractivity contribution in [1.82, 2.24) is 25.4 Å². The van der Waals surface area contributed by atoms with Gasteiger partial charge in [-0.15, -0.1) is 12.4 Å². The Morgan fingerprint density at radius 1 is 1.29 bits per heavy atom. The molecule has 0 fully saturated rings. The van der Waals surface area contributed by atoms with Crippen LogP contribution in [0, 0.1) is 13.8 Å². The Labute approximate surface area is 167 Å². The van der Waals surface area contributed by atoms with E-state index in [1.165, 1.54) is 13.0 Å². The van der Waals surface area contributed by atoms with Gasteiger partial charge in [-0.3, -0.25) is 14.6 Å². The largest absolute Gasteiger partial charge is 0.333 e. The molecular weight excluding hydrogens is 382 g/mol. The summed E-state index contributed by atoms with van der Waals surface area (Å²) in [5.41, 5.74) is 4.66. The first-order chi connectivity index (χ1) is 13.0. The third kappa shape index (κ3) is 3.36. The number of fused-ring (bicyclic) bond motifs is 1. The highest BCUT2D eigenvalue weighted by Crippen LogP contribution is 2.30. The minimum absolute atomic E-state index is 0. The molecule has 0 saturated heterocycles. The summed E-state index contributed by atoms with van der Waals surface area (Å²) in [6, 6.07) is 1.50. The first kappa shape index (κ1) is 19.9. The molecule has 28 heavy (non-hydrogen) atoms. The molecule has 0 amide bonds. The van der Waals surface area contributed by atoms with Crippen molar-refractivity contribution >= 4 is 18.2 Å². The van der Waals surface area contributed by atoms with Gasteiger partial charge in [-0.2, -0.15) is 4.98 Å². The Hall–Kier alpha value is -2.84. The molecule has 0 atom stereocenters. The first-order valence-electron chi connectivity index (χ1n) is 8.73. The van der Waals surface area contributed by atoms with E-state index >= 15 is 0 Å². The van der Waals surface area contributed by atoms with Crippen LogP contribution in [0.5, 0.6) is 0 Å². The number of aromatic nitrogens is 4. The fourth-order valence-corrected chi connectivity index (χ4v) is 3.45. The van der Waals surface area contributed by atoms with Gasteiger partial charge in [0.2, 0.25) is 5.82 Å². The molecule has 0 saturated carbocycles. The number of aryl methyl sites for hydroxylation is 2. The first-order valence-corrected chi connectivity index (χ1v) is 8.73. The number of Topliss-reactive ketones (excluding diaryl/α,β-unsaturated/α-hetero) is 1. The van der Waals surface area contributed by atoms with Gasteiger partial charge in [0, 0.05) is 35.3 Å². The molecule has 9 heteroatoms. The molecule has 4 rings (SSSR count). The highest BCUT2D eigenvalue weighted by molar-refractivity contribution is 5.96. The molecule has 4 heterocycles. The summed E-state index contributed by atoms with van der Waals surface area (Å²) < 4.78 is 5.37. The van der Waals surface area contributed by atoms with Gasteiger partial charge in [0.25, 0.3) is 11.4 Å². The molecule has 8 nitrogen and oxygen atoms in total. The maximum atomic E-state index is 12.3. The predicted octanol–water partition coefficient (Wildman–Crippen LogP) is 2.37. The number of ketones is 1. The number of rotatable bonds is 3. The zero-order valence-corrected chi connectivity index (χ0v) is 16.6. The topological polar surface area (TPSA) is 114 Å². The van der Waals surface area contributed by atoms with Gasteiger partial charge in [-0.25, -0.2) is 0 Å². The number of carbonyl (C=O) groups is 1. The predicted molar refractivity (Wildman–Crippen MR) is 106 cm³/mol. The summed E-state index contributed by atoms with van der Waals surface area (Å²) in [5, 5.41) is 7.40. The van der Waals surface area contributed by atoms with Crippen LogP contribution < -0.4 is 10.9 Å². The number of hydrogen-bond donors (Lipinski definition) is 2. The fraction of sp³-hybridized carbons (Fsp3) is 0.316. The van der Waals surface area contributed by atoms with Gasteiger partial charge in [-0.05, 0) is 50.9 Å². The van der Waals surface area contributed by atoms with Crippen LogP contribution in [0.1, 0.15) is 39.8 Å².